The van der Waals surface area contributed by atoms with Crippen LogP contribution in [0.1, 0.15) is 17.2 Å². The molecule has 9 heteroatoms. The maximum Gasteiger partial charge on any atom is 0.227 e. The summed E-state index contributed by atoms with van der Waals surface area (Å²) in [5, 5.41) is 11.3. The Morgan fingerprint density at radius 3 is 2.75 bits per heavy atom. The summed E-state index contributed by atoms with van der Waals surface area (Å²) in [4.78, 5) is 22.2. The summed E-state index contributed by atoms with van der Waals surface area (Å²) in [6.45, 7) is 2.00. The van der Waals surface area contributed by atoms with Crippen LogP contribution in [-0.2, 0) is 11.2 Å². The third-order valence-electron chi connectivity index (χ3n) is 3.97. The zero-order chi connectivity index (χ0) is 19.5. The maximum atomic E-state index is 12.3. The molecular weight excluding hydrogens is 460 g/mol. The first-order valence-electron chi connectivity index (χ1n) is 8.47. The van der Waals surface area contributed by atoms with Crippen LogP contribution in [0.5, 0.6) is 0 Å². The lowest BCUT2D eigenvalue weighted by atomic mass is 10.1. The van der Waals surface area contributed by atoms with Gasteiger partial charge < -0.3 is 9.84 Å². The van der Waals surface area contributed by atoms with E-state index in [4.69, 9.17) is 4.52 Å². The number of anilines is 1. The van der Waals surface area contributed by atoms with Crippen LogP contribution in [-0.4, -0.2) is 21.0 Å². The third kappa shape index (κ3) is 4.37. The van der Waals surface area contributed by atoms with Gasteiger partial charge in [-0.3, -0.25) is 4.79 Å². The van der Waals surface area contributed by atoms with Gasteiger partial charge in [0, 0.05) is 38.7 Å². The van der Waals surface area contributed by atoms with Crippen molar-refractivity contribution in [3.05, 3.63) is 56.3 Å². The van der Waals surface area contributed by atoms with Gasteiger partial charge in [-0.25, -0.2) is 4.98 Å². The van der Waals surface area contributed by atoms with Crippen LogP contribution >= 0.6 is 38.6 Å². The molecule has 0 saturated heterocycles. The number of thiophene rings is 1. The molecule has 0 aliphatic heterocycles. The molecule has 0 fully saturated rings. The molecule has 3 aromatic heterocycles. The number of thiazole rings is 1. The van der Waals surface area contributed by atoms with E-state index in [-0.39, 0.29) is 12.3 Å². The molecule has 4 rings (SSSR count). The minimum Gasteiger partial charge on any atom is -0.339 e. The van der Waals surface area contributed by atoms with Crippen LogP contribution in [0.4, 0.5) is 5.13 Å². The van der Waals surface area contributed by atoms with Gasteiger partial charge in [-0.05, 0) is 30.5 Å². The normalized spacial score (nSPS) is 10.9. The van der Waals surface area contributed by atoms with Crippen molar-refractivity contribution in [3.8, 4) is 22.6 Å². The van der Waals surface area contributed by atoms with Crippen LogP contribution < -0.4 is 5.32 Å². The molecule has 0 bridgehead atoms. The highest BCUT2D eigenvalue weighted by Crippen LogP contribution is 2.31. The first-order valence-corrected chi connectivity index (χ1v) is 11.0. The lowest BCUT2D eigenvalue weighted by Crippen LogP contribution is -2.12. The van der Waals surface area contributed by atoms with E-state index in [0.29, 0.717) is 23.3 Å². The molecule has 0 saturated carbocycles. The van der Waals surface area contributed by atoms with Crippen molar-refractivity contribution < 1.29 is 9.32 Å². The van der Waals surface area contributed by atoms with Gasteiger partial charge in [0.2, 0.25) is 17.6 Å². The summed E-state index contributed by atoms with van der Waals surface area (Å²) < 4.78 is 6.24. The molecule has 142 valence electrons. The molecule has 6 nitrogen and oxygen atoms in total. The minimum atomic E-state index is -0.133. The summed E-state index contributed by atoms with van der Waals surface area (Å²) in [6, 6.07) is 9.87. The number of carbonyl (C=O) groups is 1. The van der Waals surface area contributed by atoms with Gasteiger partial charge >= 0.3 is 0 Å². The highest BCUT2D eigenvalue weighted by molar-refractivity contribution is 9.10. The lowest BCUT2D eigenvalue weighted by molar-refractivity contribution is -0.116. The first kappa shape index (κ1) is 19.0. The number of hydrogen-bond donors (Lipinski definition) is 1. The molecular formula is C19H15BrN4O2S2. The van der Waals surface area contributed by atoms with Crippen molar-refractivity contribution in [1.82, 2.24) is 15.1 Å². The number of amides is 1. The van der Waals surface area contributed by atoms with E-state index in [1.807, 2.05) is 48.0 Å². The average Bonchev–Trinajstić information content (AvgIpc) is 3.41. The predicted molar refractivity (Wildman–Crippen MR) is 115 cm³/mol. The number of nitrogens with zero attached hydrogens (tertiary/aromatic N) is 3. The average molecular weight is 475 g/mol. The van der Waals surface area contributed by atoms with Gasteiger partial charge in [0.25, 0.3) is 0 Å². The molecule has 0 unspecified atom stereocenters. The predicted octanol–water partition coefficient (Wildman–Crippen LogP) is 5.56. The topological polar surface area (TPSA) is 80.9 Å². The van der Waals surface area contributed by atoms with Crippen LogP contribution in [0.15, 0.2) is 50.1 Å². The smallest absolute Gasteiger partial charge is 0.227 e. The largest absolute Gasteiger partial charge is 0.339 e. The molecule has 4 aromatic rings. The van der Waals surface area contributed by atoms with Gasteiger partial charge in [0.1, 0.15) is 0 Å². The number of nitrogens with one attached hydrogen (secondary N) is 1. The number of carbonyl (C=O) groups excluding carboxylic acids is 1. The van der Waals surface area contributed by atoms with Gasteiger partial charge in [-0.15, -0.1) is 11.3 Å². The number of halogens is 1. The van der Waals surface area contributed by atoms with E-state index < -0.39 is 0 Å². The standard InChI is InChI=1S/C19H15BrN4O2S2/c1-11-17(12-2-4-14(20)5-3-12)23-19(28-11)21-15(25)6-7-16-22-18(24-26-16)13-8-9-27-10-13/h2-5,8-10H,6-7H2,1H3,(H,21,23,25). The zero-order valence-corrected chi connectivity index (χ0v) is 18.0. The Labute approximate surface area is 177 Å². The molecule has 1 aromatic carbocycles. The Kier molecular flexibility index (Phi) is 5.65. The van der Waals surface area contributed by atoms with Crippen molar-refractivity contribution >= 4 is 49.6 Å². The van der Waals surface area contributed by atoms with Crippen LogP contribution in [0.25, 0.3) is 22.6 Å². The Balaban J connectivity index is 1.36. The molecule has 28 heavy (non-hydrogen) atoms. The number of hydrogen-bond acceptors (Lipinski definition) is 7. The van der Waals surface area contributed by atoms with Crippen molar-refractivity contribution in [2.24, 2.45) is 0 Å². The first-order chi connectivity index (χ1) is 13.6. The van der Waals surface area contributed by atoms with Gasteiger partial charge in [-0.2, -0.15) is 16.3 Å². The second kappa shape index (κ2) is 8.34. The molecule has 0 spiro atoms. The van der Waals surface area contributed by atoms with E-state index in [9.17, 15) is 4.79 Å². The molecule has 1 amide bonds. The van der Waals surface area contributed by atoms with E-state index in [2.05, 4.69) is 36.4 Å². The number of rotatable bonds is 6. The van der Waals surface area contributed by atoms with Crippen molar-refractivity contribution in [2.75, 3.05) is 5.32 Å². The molecule has 0 radical (unpaired) electrons. The van der Waals surface area contributed by atoms with Crippen LogP contribution in [0, 0.1) is 6.92 Å². The second-order valence-electron chi connectivity index (χ2n) is 6.00. The molecule has 0 aliphatic carbocycles. The summed E-state index contributed by atoms with van der Waals surface area (Å²) in [5.41, 5.74) is 2.82. The summed E-state index contributed by atoms with van der Waals surface area (Å²) in [7, 11) is 0. The van der Waals surface area contributed by atoms with Gasteiger partial charge in [0.15, 0.2) is 5.13 Å². The van der Waals surface area contributed by atoms with Crippen LogP contribution in [0.2, 0.25) is 0 Å². The number of benzene rings is 1. The molecule has 0 aliphatic rings. The van der Waals surface area contributed by atoms with E-state index >= 15 is 0 Å². The van der Waals surface area contributed by atoms with E-state index in [1.54, 1.807) is 11.3 Å². The molecule has 0 atom stereocenters. The third-order valence-corrected chi connectivity index (χ3v) is 6.07. The fourth-order valence-corrected chi connectivity index (χ4v) is 4.34. The second-order valence-corrected chi connectivity index (χ2v) is 8.90. The number of aromatic nitrogens is 3. The van der Waals surface area contributed by atoms with Crippen molar-refractivity contribution in [2.45, 2.75) is 19.8 Å². The van der Waals surface area contributed by atoms with Crippen molar-refractivity contribution in [1.29, 1.82) is 0 Å². The number of aryl methyl sites for hydroxylation is 2. The van der Waals surface area contributed by atoms with Crippen molar-refractivity contribution in [3.63, 3.8) is 0 Å². The van der Waals surface area contributed by atoms with Gasteiger partial charge in [0.05, 0.1) is 5.69 Å². The van der Waals surface area contributed by atoms with Gasteiger partial charge in [-0.1, -0.05) is 33.2 Å². The van der Waals surface area contributed by atoms with Crippen LogP contribution in [0.3, 0.4) is 0 Å². The Morgan fingerprint density at radius 1 is 1.18 bits per heavy atom. The van der Waals surface area contributed by atoms with E-state index in [0.717, 1.165) is 26.2 Å². The Hall–Kier alpha value is -2.36. The lowest BCUT2D eigenvalue weighted by Gasteiger charge is -2.00. The van der Waals surface area contributed by atoms with E-state index in [1.165, 1.54) is 11.3 Å². The minimum absolute atomic E-state index is 0.133. The highest BCUT2D eigenvalue weighted by Gasteiger charge is 2.14. The summed E-state index contributed by atoms with van der Waals surface area (Å²) in [5.74, 6) is 0.861. The fraction of sp³-hybridized carbons (Fsp3) is 0.158. The summed E-state index contributed by atoms with van der Waals surface area (Å²) in [6.07, 6.45) is 0.629. The maximum absolute atomic E-state index is 12.3. The zero-order valence-electron chi connectivity index (χ0n) is 14.8. The Bertz CT molecular complexity index is 1090. The fourth-order valence-electron chi connectivity index (χ4n) is 2.59. The summed E-state index contributed by atoms with van der Waals surface area (Å²) >= 11 is 6.46. The SMILES string of the molecule is Cc1sc(NC(=O)CCc2nc(-c3ccsc3)no2)nc1-c1ccc(Br)cc1. The highest BCUT2D eigenvalue weighted by atomic mass is 79.9. The quantitative estimate of drug-likeness (QED) is 0.395. The molecule has 1 N–H and O–H groups in total. The molecule has 3 heterocycles. The monoisotopic (exact) mass is 474 g/mol. The Morgan fingerprint density at radius 2 is 2.00 bits per heavy atom.